The summed E-state index contributed by atoms with van der Waals surface area (Å²) < 4.78 is 10.9. The van der Waals surface area contributed by atoms with Crippen LogP contribution in [0.25, 0.3) is 11.1 Å². The third-order valence-electron chi connectivity index (χ3n) is 6.07. The van der Waals surface area contributed by atoms with Crippen LogP contribution in [0, 0.1) is 0 Å². The number of nitrogens with zero attached hydrogens (tertiary/aromatic N) is 1. The second-order valence-corrected chi connectivity index (χ2v) is 8.29. The summed E-state index contributed by atoms with van der Waals surface area (Å²) in [4.78, 5) is 36.8. The van der Waals surface area contributed by atoms with E-state index >= 15 is 0 Å². The fourth-order valence-corrected chi connectivity index (χ4v) is 4.14. The lowest BCUT2D eigenvalue weighted by Crippen LogP contribution is -2.42. The highest BCUT2D eigenvalue weighted by Crippen LogP contribution is 2.44. The first-order chi connectivity index (χ1) is 16.4. The molecule has 182 valence electrons. The van der Waals surface area contributed by atoms with Gasteiger partial charge in [0.1, 0.15) is 13.2 Å². The van der Waals surface area contributed by atoms with Crippen molar-refractivity contribution in [2.24, 2.45) is 0 Å². The third kappa shape index (κ3) is 6.35. The summed E-state index contributed by atoms with van der Waals surface area (Å²) in [5.74, 6) is -1.30. The van der Waals surface area contributed by atoms with E-state index in [0.29, 0.717) is 6.42 Å². The van der Waals surface area contributed by atoms with Gasteiger partial charge in [0, 0.05) is 18.5 Å². The van der Waals surface area contributed by atoms with E-state index in [1.165, 1.54) is 16.0 Å². The van der Waals surface area contributed by atoms with Crippen LogP contribution < -0.4 is 5.32 Å². The maximum absolute atomic E-state index is 12.3. The van der Waals surface area contributed by atoms with Crippen molar-refractivity contribution in [2.45, 2.75) is 38.6 Å². The summed E-state index contributed by atoms with van der Waals surface area (Å²) >= 11 is 0. The van der Waals surface area contributed by atoms with Gasteiger partial charge in [-0.15, -0.1) is 0 Å². The first-order valence-electron chi connectivity index (χ1n) is 11.6. The van der Waals surface area contributed by atoms with E-state index in [1.807, 2.05) is 38.1 Å². The summed E-state index contributed by atoms with van der Waals surface area (Å²) in [7, 11) is 0. The molecule has 3 rings (SSSR count). The van der Waals surface area contributed by atoms with Crippen molar-refractivity contribution in [3.8, 4) is 11.1 Å². The van der Waals surface area contributed by atoms with Crippen LogP contribution in [-0.4, -0.2) is 66.9 Å². The zero-order chi connectivity index (χ0) is 24.5. The highest BCUT2D eigenvalue weighted by Gasteiger charge is 2.29. The molecule has 0 radical (unpaired) electrons. The lowest BCUT2D eigenvalue weighted by atomic mass is 9.98. The SMILES string of the molecule is CCC(C)N(CC(=O)O)C(=O)CCOCCNC(=O)OCC1c2ccccc2-c2ccccc21. The van der Waals surface area contributed by atoms with Gasteiger partial charge in [0.05, 0.1) is 19.6 Å². The zero-order valence-electron chi connectivity index (χ0n) is 19.7. The molecule has 8 nitrogen and oxygen atoms in total. The minimum Gasteiger partial charge on any atom is -0.480 e. The Morgan fingerprint density at radius 3 is 2.24 bits per heavy atom. The maximum Gasteiger partial charge on any atom is 0.407 e. The average Bonchev–Trinajstić information content (AvgIpc) is 3.16. The number of benzene rings is 2. The summed E-state index contributed by atoms with van der Waals surface area (Å²) in [6, 6.07) is 16.1. The van der Waals surface area contributed by atoms with Crippen molar-refractivity contribution in [2.75, 3.05) is 32.9 Å². The summed E-state index contributed by atoms with van der Waals surface area (Å²) in [6.45, 7) is 4.26. The molecule has 2 aromatic carbocycles. The van der Waals surface area contributed by atoms with Gasteiger partial charge in [-0.3, -0.25) is 9.59 Å². The normalized spacial score (nSPS) is 13.0. The summed E-state index contributed by atoms with van der Waals surface area (Å²) in [6.07, 6.45) is 0.234. The molecule has 2 aromatic rings. The van der Waals surface area contributed by atoms with Gasteiger partial charge in [0.2, 0.25) is 5.91 Å². The van der Waals surface area contributed by atoms with E-state index in [2.05, 4.69) is 29.6 Å². The molecule has 2 N–H and O–H groups in total. The van der Waals surface area contributed by atoms with Crippen molar-refractivity contribution in [1.29, 1.82) is 0 Å². The number of aliphatic carboxylic acids is 1. The van der Waals surface area contributed by atoms with Crippen LogP contribution in [0.1, 0.15) is 43.7 Å². The molecule has 0 aromatic heterocycles. The maximum atomic E-state index is 12.3. The minimum absolute atomic E-state index is 0.000303. The number of ether oxygens (including phenoxy) is 2. The van der Waals surface area contributed by atoms with Crippen molar-refractivity contribution in [3.63, 3.8) is 0 Å². The van der Waals surface area contributed by atoms with Crippen LogP contribution in [0.5, 0.6) is 0 Å². The molecule has 0 spiro atoms. The van der Waals surface area contributed by atoms with Crippen LogP contribution in [-0.2, 0) is 19.1 Å². The van der Waals surface area contributed by atoms with E-state index in [1.54, 1.807) is 0 Å². The van der Waals surface area contributed by atoms with E-state index in [4.69, 9.17) is 14.6 Å². The first-order valence-corrected chi connectivity index (χ1v) is 11.6. The van der Waals surface area contributed by atoms with Crippen LogP contribution in [0.4, 0.5) is 4.79 Å². The molecular weight excluding hydrogens is 436 g/mol. The lowest BCUT2D eigenvalue weighted by molar-refractivity contribution is -0.146. The van der Waals surface area contributed by atoms with E-state index in [-0.39, 0.29) is 57.2 Å². The highest BCUT2D eigenvalue weighted by molar-refractivity contribution is 5.81. The van der Waals surface area contributed by atoms with Crippen molar-refractivity contribution in [3.05, 3.63) is 59.7 Å². The molecule has 0 saturated carbocycles. The molecular formula is C26H32N2O6. The van der Waals surface area contributed by atoms with Gasteiger partial charge >= 0.3 is 12.1 Å². The van der Waals surface area contributed by atoms with Gasteiger partial charge in [-0.1, -0.05) is 55.5 Å². The molecule has 0 saturated heterocycles. The molecule has 2 amide bonds. The van der Waals surface area contributed by atoms with Crippen LogP contribution in [0.15, 0.2) is 48.5 Å². The second kappa shape index (κ2) is 12.2. The van der Waals surface area contributed by atoms with E-state index < -0.39 is 12.1 Å². The molecule has 1 atom stereocenters. The van der Waals surface area contributed by atoms with E-state index in [0.717, 1.165) is 11.1 Å². The first kappa shape index (κ1) is 25.2. The number of carboxylic acid groups (broad SMARTS) is 1. The summed E-state index contributed by atoms with van der Waals surface area (Å²) in [5.41, 5.74) is 4.65. The fourth-order valence-electron chi connectivity index (χ4n) is 4.14. The molecule has 34 heavy (non-hydrogen) atoms. The molecule has 0 fully saturated rings. The Balaban J connectivity index is 1.37. The number of rotatable bonds is 12. The van der Waals surface area contributed by atoms with Gasteiger partial charge in [0.15, 0.2) is 0 Å². The number of carbonyl (C=O) groups excluding carboxylic acids is 2. The monoisotopic (exact) mass is 468 g/mol. The van der Waals surface area contributed by atoms with Gasteiger partial charge in [-0.2, -0.15) is 0 Å². The number of amides is 2. The second-order valence-electron chi connectivity index (χ2n) is 8.29. The van der Waals surface area contributed by atoms with E-state index in [9.17, 15) is 14.4 Å². The van der Waals surface area contributed by atoms with Crippen LogP contribution in [0.3, 0.4) is 0 Å². The minimum atomic E-state index is -1.04. The molecule has 1 aliphatic rings. The number of carbonyl (C=O) groups is 3. The quantitative estimate of drug-likeness (QED) is 0.461. The number of fused-ring (bicyclic) bond motifs is 3. The Morgan fingerprint density at radius 2 is 1.65 bits per heavy atom. The van der Waals surface area contributed by atoms with Crippen molar-refractivity contribution in [1.82, 2.24) is 10.2 Å². The van der Waals surface area contributed by atoms with Gasteiger partial charge in [-0.05, 0) is 35.6 Å². The zero-order valence-corrected chi connectivity index (χ0v) is 19.7. The molecule has 1 unspecified atom stereocenters. The van der Waals surface area contributed by atoms with Crippen molar-refractivity contribution < 1.29 is 29.0 Å². The van der Waals surface area contributed by atoms with Gasteiger partial charge in [-0.25, -0.2) is 4.79 Å². The lowest BCUT2D eigenvalue weighted by Gasteiger charge is -2.26. The number of alkyl carbamates (subject to hydrolysis) is 1. The predicted octanol–water partition coefficient (Wildman–Crippen LogP) is 3.64. The molecule has 8 heteroatoms. The molecule has 0 bridgehead atoms. The Morgan fingerprint density at radius 1 is 1.03 bits per heavy atom. The molecule has 0 aliphatic heterocycles. The molecule has 0 heterocycles. The Hall–Kier alpha value is -3.39. The smallest absolute Gasteiger partial charge is 0.407 e. The number of hydrogen-bond acceptors (Lipinski definition) is 5. The summed E-state index contributed by atoms with van der Waals surface area (Å²) in [5, 5.41) is 11.7. The topological polar surface area (TPSA) is 105 Å². The number of hydrogen-bond donors (Lipinski definition) is 2. The largest absolute Gasteiger partial charge is 0.480 e. The predicted molar refractivity (Wildman–Crippen MR) is 128 cm³/mol. The Labute approximate surface area is 199 Å². The standard InChI is InChI=1S/C26H32N2O6/c1-3-18(2)28(16-25(30)31)24(29)12-14-33-15-13-27-26(32)34-17-23-21-10-6-4-8-19(21)20-9-5-7-11-22(20)23/h4-11,18,23H,3,12-17H2,1-2H3,(H,27,32)(H,30,31). The molecule has 1 aliphatic carbocycles. The van der Waals surface area contributed by atoms with Crippen molar-refractivity contribution >= 4 is 18.0 Å². The highest BCUT2D eigenvalue weighted by atomic mass is 16.5. The number of carboxylic acids is 1. The number of nitrogens with one attached hydrogen (secondary N) is 1. The van der Waals surface area contributed by atoms with Gasteiger partial charge in [0.25, 0.3) is 0 Å². The third-order valence-corrected chi connectivity index (χ3v) is 6.07. The fraction of sp³-hybridized carbons (Fsp3) is 0.423. The Kier molecular flexibility index (Phi) is 9.04. The average molecular weight is 469 g/mol. The van der Waals surface area contributed by atoms with Gasteiger partial charge < -0.3 is 24.8 Å². The van der Waals surface area contributed by atoms with Crippen LogP contribution >= 0.6 is 0 Å². The van der Waals surface area contributed by atoms with Crippen LogP contribution in [0.2, 0.25) is 0 Å². The Bertz CT molecular complexity index is 963.